The van der Waals surface area contributed by atoms with Crippen LogP contribution in [0.5, 0.6) is 0 Å². The van der Waals surface area contributed by atoms with Crippen LogP contribution in [0.1, 0.15) is 89.2 Å². The average molecular weight is 915 g/mol. The molecule has 4 aliphatic carbocycles. The number of fused-ring (bicyclic) bond motifs is 7. The number of aliphatic hydroxyl groups excluding tert-OH is 3. The Balaban J connectivity index is 0.902. The lowest BCUT2D eigenvalue weighted by Gasteiger charge is -2.63. The number of rotatable bonds is 13. The second kappa shape index (κ2) is 17.3. The van der Waals surface area contributed by atoms with Gasteiger partial charge in [0.25, 0.3) is 11.8 Å². The van der Waals surface area contributed by atoms with Gasteiger partial charge in [0, 0.05) is 59.0 Å². The Morgan fingerprint density at radius 1 is 0.909 bits per heavy atom. The minimum atomic E-state index is -2.32. The standard InChI is InChI=1S/C49H56F2N4O11/c1-25(30-7-6-8-31(19-30)54-44(64)27(3)53-43(63)26(2)52-40(60)16-18-55-41(61)13-14-42(55)62)28-9-11-29(12-10-28)45-65-39-22-33-34-21-36(50)35-20-32(57)15-17-46(35,4)48(34,51)37(58)23-47(33,5)49(39,66-45)38(59)24-56/h6-15,17,19-20,25-27,32-34,36-37,39,45,56-58H,16,18,21-24H2,1-5H3,(H,52,60)(H,53,63)(H,54,64)/t25-,26-,27-,32?,33-,34-,36-,37-,39+,45+,46-,47-,48-,49+/m0/s1. The molecule has 66 heavy (non-hydrogen) atoms. The van der Waals surface area contributed by atoms with Crippen molar-refractivity contribution in [3.05, 3.63) is 101 Å². The van der Waals surface area contributed by atoms with E-state index >= 15 is 8.78 Å². The molecule has 0 spiro atoms. The highest BCUT2D eigenvalue weighted by atomic mass is 19.1. The second-order valence-corrected chi connectivity index (χ2v) is 19.1. The molecule has 0 aromatic heterocycles. The fourth-order valence-corrected chi connectivity index (χ4v) is 11.8. The number of alkyl halides is 2. The smallest absolute Gasteiger partial charge is 0.253 e. The van der Waals surface area contributed by atoms with Crippen LogP contribution in [0.3, 0.4) is 0 Å². The summed E-state index contributed by atoms with van der Waals surface area (Å²) < 4.78 is 47.0. The number of imide groups is 1. The Bertz CT molecular complexity index is 2410. The fraction of sp³-hybridized carbons (Fsp3) is 0.510. The van der Waals surface area contributed by atoms with E-state index < -0.39 is 119 Å². The van der Waals surface area contributed by atoms with Crippen molar-refractivity contribution in [3.63, 3.8) is 0 Å². The molecule has 6 N–H and O–H groups in total. The third-order valence-corrected chi connectivity index (χ3v) is 15.4. The van der Waals surface area contributed by atoms with Crippen molar-refractivity contribution in [3.8, 4) is 0 Å². The molecule has 352 valence electrons. The van der Waals surface area contributed by atoms with Crippen molar-refractivity contribution < 1.29 is 62.3 Å². The molecule has 17 heteroatoms. The number of ether oxygens (including phenoxy) is 2. The van der Waals surface area contributed by atoms with Crippen molar-refractivity contribution in [2.45, 2.75) is 120 Å². The molecular formula is C49H56F2N4O11. The van der Waals surface area contributed by atoms with Crippen LogP contribution in [0.4, 0.5) is 14.5 Å². The molecule has 1 saturated heterocycles. The van der Waals surface area contributed by atoms with Crippen LogP contribution in [0, 0.1) is 22.7 Å². The third kappa shape index (κ3) is 7.52. The number of ketones is 1. The Morgan fingerprint density at radius 2 is 1.59 bits per heavy atom. The zero-order valence-corrected chi connectivity index (χ0v) is 37.3. The van der Waals surface area contributed by atoms with Gasteiger partial charge in [0.15, 0.2) is 23.3 Å². The summed E-state index contributed by atoms with van der Waals surface area (Å²) in [6, 6.07) is 12.6. The molecule has 3 saturated carbocycles. The van der Waals surface area contributed by atoms with Crippen molar-refractivity contribution in [1.82, 2.24) is 15.5 Å². The number of halogens is 2. The maximum Gasteiger partial charge on any atom is 0.253 e. The number of hydrogen-bond donors (Lipinski definition) is 6. The number of carbonyl (C=O) groups is 6. The van der Waals surface area contributed by atoms with Gasteiger partial charge in [-0.2, -0.15) is 0 Å². The molecule has 2 aromatic carbocycles. The van der Waals surface area contributed by atoms with Crippen LogP contribution < -0.4 is 16.0 Å². The Morgan fingerprint density at radius 3 is 2.27 bits per heavy atom. The summed E-state index contributed by atoms with van der Waals surface area (Å²) in [6.45, 7) is 7.20. The van der Waals surface area contributed by atoms with Crippen molar-refractivity contribution in [2.24, 2.45) is 22.7 Å². The Labute approximate surface area is 380 Å². The fourth-order valence-electron chi connectivity index (χ4n) is 11.8. The molecule has 14 atom stereocenters. The molecule has 0 radical (unpaired) electrons. The lowest BCUT2D eigenvalue weighted by atomic mass is 9.44. The summed E-state index contributed by atoms with van der Waals surface area (Å²) >= 11 is 0. The van der Waals surface area contributed by atoms with E-state index in [2.05, 4.69) is 16.0 Å². The lowest BCUT2D eigenvalue weighted by Crippen LogP contribution is -2.70. The van der Waals surface area contributed by atoms with E-state index in [-0.39, 0.29) is 43.7 Å². The van der Waals surface area contributed by atoms with Gasteiger partial charge >= 0.3 is 0 Å². The lowest BCUT2D eigenvalue weighted by molar-refractivity contribution is -0.235. The molecule has 2 heterocycles. The number of amides is 5. The number of benzene rings is 2. The summed E-state index contributed by atoms with van der Waals surface area (Å²) in [5.41, 5.74) is -3.97. The third-order valence-electron chi connectivity index (χ3n) is 15.4. The number of Topliss-reactive ketones (excluding diaryl/α,β-unsaturated/α-hetero) is 1. The first kappa shape index (κ1) is 47.0. The summed E-state index contributed by atoms with van der Waals surface area (Å²) in [4.78, 5) is 76.7. The summed E-state index contributed by atoms with van der Waals surface area (Å²) in [6.07, 6.45) is -0.408. The van der Waals surface area contributed by atoms with E-state index in [1.807, 2.05) is 25.1 Å². The molecular weight excluding hydrogens is 859 g/mol. The zero-order chi connectivity index (χ0) is 47.7. The van der Waals surface area contributed by atoms with Gasteiger partial charge in [-0.1, -0.05) is 62.4 Å². The van der Waals surface area contributed by atoms with Crippen molar-refractivity contribution in [1.29, 1.82) is 0 Å². The summed E-state index contributed by atoms with van der Waals surface area (Å²) in [7, 11) is 0. The van der Waals surface area contributed by atoms with Gasteiger partial charge in [0.1, 0.15) is 24.9 Å². The maximum atomic E-state index is 17.8. The van der Waals surface area contributed by atoms with E-state index in [0.29, 0.717) is 11.3 Å². The highest BCUT2D eigenvalue weighted by Gasteiger charge is 2.80. The molecule has 2 aromatic rings. The maximum absolute atomic E-state index is 17.8. The zero-order valence-electron chi connectivity index (χ0n) is 37.3. The minimum Gasteiger partial charge on any atom is -0.390 e. The molecule has 4 fully saturated rings. The number of allylic oxidation sites excluding steroid dienone is 2. The average Bonchev–Trinajstić information content (AvgIpc) is 3.91. The van der Waals surface area contributed by atoms with Gasteiger partial charge in [-0.05, 0) is 80.9 Å². The van der Waals surface area contributed by atoms with E-state index in [1.165, 1.54) is 32.1 Å². The van der Waals surface area contributed by atoms with Gasteiger partial charge in [0.2, 0.25) is 17.7 Å². The molecule has 1 unspecified atom stereocenters. The van der Waals surface area contributed by atoms with Gasteiger partial charge in [-0.25, -0.2) is 8.78 Å². The predicted octanol–water partition coefficient (Wildman–Crippen LogP) is 3.54. The molecule has 5 amide bonds. The van der Waals surface area contributed by atoms with Crippen molar-refractivity contribution >= 4 is 41.0 Å². The van der Waals surface area contributed by atoms with E-state index in [0.717, 1.165) is 28.2 Å². The van der Waals surface area contributed by atoms with E-state index in [1.54, 1.807) is 44.2 Å². The van der Waals surface area contributed by atoms with Crippen LogP contribution in [-0.2, 0) is 38.2 Å². The number of hydrogen-bond acceptors (Lipinski definition) is 11. The Kier molecular flexibility index (Phi) is 12.3. The van der Waals surface area contributed by atoms with E-state index in [4.69, 9.17) is 9.47 Å². The van der Waals surface area contributed by atoms with Crippen LogP contribution in [-0.4, -0.2) is 117 Å². The van der Waals surface area contributed by atoms with Gasteiger partial charge in [-0.3, -0.25) is 33.7 Å². The molecule has 0 bridgehead atoms. The number of nitrogens with one attached hydrogen (secondary N) is 3. The normalized spacial score (nSPS) is 35.5. The van der Waals surface area contributed by atoms with Crippen molar-refractivity contribution in [2.75, 3.05) is 18.5 Å². The van der Waals surface area contributed by atoms with Gasteiger partial charge < -0.3 is 40.7 Å². The minimum absolute atomic E-state index is 0.0958. The van der Waals surface area contributed by atoms with Crippen LogP contribution in [0.25, 0.3) is 0 Å². The van der Waals surface area contributed by atoms with Crippen LogP contribution in [0.15, 0.2) is 84.5 Å². The van der Waals surface area contributed by atoms with Gasteiger partial charge in [0.05, 0.1) is 18.3 Å². The summed E-state index contributed by atoms with van der Waals surface area (Å²) in [5, 5.41) is 40.3. The number of anilines is 1. The Hall–Kier alpha value is -5.46. The molecule has 8 rings (SSSR count). The van der Waals surface area contributed by atoms with E-state index in [9.17, 15) is 44.1 Å². The molecule has 15 nitrogen and oxygen atoms in total. The van der Waals surface area contributed by atoms with Gasteiger partial charge in [-0.15, -0.1) is 0 Å². The quantitative estimate of drug-likeness (QED) is 0.126. The molecule has 2 aliphatic heterocycles. The molecule has 6 aliphatic rings. The largest absolute Gasteiger partial charge is 0.390 e. The van der Waals surface area contributed by atoms with Crippen LogP contribution in [0.2, 0.25) is 0 Å². The highest BCUT2D eigenvalue weighted by Crippen LogP contribution is 2.72. The number of aliphatic hydroxyl groups is 3. The summed E-state index contributed by atoms with van der Waals surface area (Å²) in [5.74, 6) is -5.23. The first-order chi connectivity index (χ1) is 31.2. The number of carbonyl (C=O) groups excluding carboxylic acids is 6. The van der Waals surface area contributed by atoms with Crippen LogP contribution >= 0.6 is 0 Å². The number of nitrogens with zero attached hydrogens (tertiary/aromatic N) is 1. The monoisotopic (exact) mass is 914 g/mol. The SMILES string of the molecule is C[C@@H](c1ccc([C@@H]2O[C@@H]3C[C@H]4[C@@H]5C[C@H](F)C6=CC(O)C=C[C@]6(C)[C@@]5(F)[C@@H](O)C[C@]4(C)[C@]3(C(=O)CO)O2)cc1)c1cccc(NC(=O)[C@H](C)NC(=O)[C@H](C)NC(=O)CCN2C(=O)C=CC2=O)c1. The second-order valence-electron chi connectivity index (χ2n) is 19.1. The first-order valence-electron chi connectivity index (χ1n) is 22.4. The topological polar surface area (TPSA) is 221 Å². The first-order valence-corrected chi connectivity index (χ1v) is 22.4. The predicted molar refractivity (Wildman–Crippen MR) is 233 cm³/mol. The highest BCUT2D eigenvalue weighted by molar-refractivity contribution is 6.13.